The lowest BCUT2D eigenvalue weighted by atomic mass is 10.0. The molecule has 2 N–H and O–H groups in total. The number of fused-ring (bicyclic) bond motifs is 2. The van der Waals surface area contributed by atoms with Gasteiger partial charge in [0, 0.05) is 18.1 Å². The van der Waals surface area contributed by atoms with Crippen molar-refractivity contribution in [2.45, 2.75) is 19.9 Å². The van der Waals surface area contributed by atoms with Crippen LogP contribution in [-0.2, 0) is 4.79 Å². The summed E-state index contributed by atoms with van der Waals surface area (Å²) in [6.07, 6.45) is 1.46. The van der Waals surface area contributed by atoms with Crippen LogP contribution in [0.1, 0.15) is 19.9 Å². The van der Waals surface area contributed by atoms with Gasteiger partial charge in [-0.1, -0.05) is 0 Å². The Bertz CT molecular complexity index is 1020. The summed E-state index contributed by atoms with van der Waals surface area (Å²) in [7, 11) is 1.84. The zero-order chi connectivity index (χ0) is 17.7. The van der Waals surface area contributed by atoms with Gasteiger partial charge in [0.05, 0.1) is 17.1 Å². The summed E-state index contributed by atoms with van der Waals surface area (Å²) in [5, 5.41) is 14.5. The van der Waals surface area contributed by atoms with Crippen molar-refractivity contribution < 1.29 is 9.18 Å². The molecule has 4 rings (SSSR count). The number of hydrogen-bond acceptors (Lipinski definition) is 5. The highest BCUT2D eigenvalue weighted by Crippen LogP contribution is 2.33. The molecule has 0 saturated heterocycles. The number of carbonyl (C=O) groups excluding carboxylic acids is 1. The van der Waals surface area contributed by atoms with Crippen molar-refractivity contribution in [2.24, 2.45) is 0 Å². The molecule has 1 aromatic carbocycles. The van der Waals surface area contributed by atoms with Gasteiger partial charge in [-0.3, -0.25) is 9.89 Å². The normalized spacial score (nSPS) is 17.1. The molecule has 9 heteroatoms. The van der Waals surface area contributed by atoms with Gasteiger partial charge in [0.15, 0.2) is 5.82 Å². The fourth-order valence-corrected chi connectivity index (χ4v) is 3.13. The van der Waals surface area contributed by atoms with Gasteiger partial charge in [-0.05, 0) is 32.0 Å². The van der Waals surface area contributed by atoms with Gasteiger partial charge >= 0.3 is 0 Å². The van der Waals surface area contributed by atoms with Crippen molar-refractivity contribution in [3.05, 3.63) is 41.6 Å². The van der Waals surface area contributed by atoms with Crippen molar-refractivity contribution in [3.8, 4) is 0 Å². The quantitative estimate of drug-likeness (QED) is 0.746. The van der Waals surface area contributed by atoms with E-state index in [0.29, 0.717) is 28.2 Å². The van der Waals surface area contributed by atoms with E-state index in [4.69, 9.17) is 0 Å². The molecule has 0 saturated carbocycles. The molecule has 1 aliphatic heterocycles. The third-order valence-corrected chi connectivity index (χ3v) is 4.53. The van der Waals surface area contributed by atoms with Crippen LogP contribution in [0, 0.1) is 5.82 Å². The average Bonchev–Trinajstić information content (AvgIpc) is 3.20. The number of amides is 1. The maximum absolute atomic E-state index is 13.3. The minimum Gasteiger partial charge on any atom is -0.317 e. The smallest absolute Gasteiger partial charge is 0.256 e. The molecule has 0 aliphatic carbocycles. The van der Waals surface area contributed by atoms with E-state index in [0.717, 1.165) is 5.70 Å². The number of H-pyrrole nitrogens is 1. The maximum atomic E-state index is 13.3. The molecule has 25 heavy (non-hydrogen) atoms. The predicted molar refractivity (Wildman–Crippen MR) is 90.5 cm³/mol. The molecule has 0 spiro atoms. The highest BCUT2D eigenvalue weighted by molar-refractivity contribution is 6.08. The van der Waals surface area contributed by atoms with Crippen LogP contribution in [0.15, 0.2) is 35.8 Å². The molecule has 0 bridgehead atoms. The Morgan fingerprint density at radius 3 is 3.00 bits per heavy atom. The lowest BCUT2D eigenvalue weighted by molar-refractivity contribution is -0.113. The Hall–Kier alpha value is -3.23. The molecule has 1 aliphatic rings. The Morgan fingerprint density at radius 2 is 2.20 bits per heavy atom. The Kier molecular flexibility index (Phi) is 3.31. The first kappa shape index (κ1) is 15.3. The van der Waals surface area contributed by atoms with Gasteiger partial charge in [-0.15, -0.1) is 0 Å². The summed E-state index contributed by atoms with van der Waals surface area (Å²) in [5.74, 6) is 0.395. The first-order valence-corrected chi connectivity index (χ1v) is 7.76. The molecule has 1 amide bonds. The number of benzene rings is 1. The van der Waals surface area contributed by atoms with Crippen molar-refractivity contribution in [1.29, 1.82) is 0 Å². The summed E-state index contributed by atoms with van der Waals surface area (Å²) in [6, 6.07) is 3.98. The average molecular weight is 341 g/mol. The molecule has 2 aromatic heterocycles. The van der Waals surface area contributed by atoms with Crippen LogP contribution in [0.4, 0.5) is 16.2 Å². The van der Waals surface area contributed by atoms with Gasteiger partial charge in [0.1, 0.15) is 12.1 Å². The molecule has 0 radical (unpaired) electrons. The van der Waals surface area contributed by atoms with Crippen molar-refractivity contribution in [1.82, 2.24) is 25.0 Å². The summed E-state index contributed by atoms with van der Waals surface area (Å²) in [5.41, 5.74) is 1.88. The fourth-order valence-electron chi connectivity index (χ4n) is 3.13. The molecular formula is C16H16FN7O. The van der Waals surface area contributed by atoms with E-state index < -0.39 is 0 Å². The third-order valence-electron chi connectivity index (χ3n) is 4.53. The molecule has 128 valence electrons. The number of nitrogens with one attached hydrogen (secondary N) is 2. The number of anilines is 2. The van der Waals surface area contributed by atoms with E-state index in [1.807, 2.05) is 25.8 Å². The number of aromatic amines is 1. The van der Waals surface area contributed by atoms with E-state index in [-0.39, 0.29) is 17.8 Å². The lowest BCUT2D eigenvalue weighted by Crippen LogP contribution is -2.34. The van der Waals surface area contributed by atoms with E-state index in [1.165, 1.54) is 18.5 Å². The third kappa shape index (κ3) is 2.27. The van der Waals surface area contributed by atoms with Crippen LogP contribution in [0.2, 0.25) is 0 Å². The standard InChI is InChI=1S/C16H16FN7O/c1-8-13(9(2)24-16(23(8)3)18-7-19-24)15(25)20-14-11-5-4-10(17)6-12(11)21-22-14/h4-7,9H,1-3H3,(H2,20,21,22,25)/t9-/m0/s1. The summed E-state index contributed by atoms with van der Waals surface area (Å²) in [6.45, 7) is 3.75. The lowest BCUT2D eigenvalue weighted by Gasteiger charge is -2.31. The van der Waals surface area contributed by atoms with Crippen LogP contribution < -0.4 is 10.2 Å². The summed E-state index contributed by atoms with van der Waals surface area (Å²) < 4.78 is 15.0. The van der Waals surface area contributed by atoms with Gasteiger partial charge in [0.25, 0.3) is 5.91 Å². The number of nitrogens with zero attached hydrogens (tertiary/aromatic N) is 5. The second kappa shape index (κ2) is 5.40. The first-order chi connectivity index (χ1) is 12.0. The van der Waals surface area contributed by atoms with Crippen LogP contribution in [0.5, 0.6) is 0 Å². The number of halogens is 1. The molecular weight excluding hydrogens is 325 g/mol. The molecule has 0 fully saturated rings. The topological polar surface area (TPSA) is 91.7 Å². The predicted octanol–water partition coefficient (Wildman–Crippen LogP) is 2.22. The second-order valence-corrected chi connectivity index (χ2v) is 5.95. The molecule has 8 nitrogen and oxygen atoms in total. The zero-order valence-corrected chi connectivity index (χ0v) is 13.9. The number of rotatable bonds is 2. The van der Waals surface area contributed by atoms with Gasteiger partial charge in [-0.25, -0.2) is 9.07 Å². The fraction of sp³-hybridized carbons (Fsp3) is 0.250. The van der Waals surface area contributed by atoms with Gasteiger partial charge < -0.3 is 10.2 Å². The monoisotopic (exact) mass is 341 g/mol. The number of hydrogen-bond donors (Lipinski definition) is 2. The molecule has 1 atom stereocenters. The summed E-state index contributed by atoms with van der Waals surface area (Å²) in [4.78, 5) is 18.9. The van der Waals surface area contributed by atoms with Crippen molar-refractivity contribution >= 4 is 28.6 Å². The largest absolute Gasteiger partial charge is 0.317 e. The maximum Gasteiger partial charge on any atom is 0.256 e. The number of carbonyl (C=O) groups is 1. The molecule has 3 aromatic rings. The molecule has 3 heterocycles. The van der Waals surface area contributed by atoms with Crippen LogP contribution in [-0.4, -0.2) is 37.9 Å². The number of allylic oxidation sites excluding steroid dienone is 1. The van der Waals surface area contributed by atoms with Crippen LogP contribution in [0.3, 0.4) is 0 Å². The van der Waals surface area contributed by atoms with E-state index in [1.54, 1.807) is 10.7 Å². The SMILES string of the molecule is CC1=C(C(=O)Nc2n[nH]c3cc(F)ccc23)[C@H](C)n2ncnc2N1C. The summed E-state index contributed by atoms with van der Waals surface area (Å²) >= 11 is 0. The Labute approximate surface area is 142 Å². The highest BCUT2D eigenvalue weighted by Gasteiger charge is 2.32. The van der Waals surface area contributed by atoms with Gasteiger partial charge in [-0.2, -0.15) is 15.2 Å². The van der Waals surface area contributed by atoms with E-state index >= 15 is 0 Å². The van der Waals surface area contributed by atoms with E-state index in [9.17, 15) is 9.18 Å². The molecule has 0 unspecified atom stereocenters. The number of aromatic nitrogens is 5. The highest BCUT2D eigenvalue weighted by atomic mass is 19.1. The Morgan fingerprint density at radius 1 is 1.40 bits per heavy atom. The van der Waals surface area contributed by atoms with Crippen LogP contribution in [0.25, 0.3) is 10.9 Å². The van der Waals surface area contributed by atoms with Crippen molar-refractivity contribution in [3.63, 3.8) is 0 Å². The minimum atomic E-state index is -0.367. The zero-order valence-electron chi connectivity index (χ0n) is 13.9. The van der Waals surface area contributed by atoms with E-state index in [2.05, 4.69) is 25.6 Å². The second-order valence-electron chi connectivity index (χ2n) is 5.95. The minimum absolute atomic E-state index is 0.267. The van der Waals surface area contributed by atoms with Crippen molar-refractivity contribution in [2.75, 3.05) is 17.3 Å². The van der Waals surface area contributed by atoms with Crippen LogP contribution >= 0.6 is 0 Å². The van der Waals surface area contributed by atoms with Gasteiger partial charge in [0.2, 0.25) is 5.95 Å². The Balaban J connectivity index is 1.69. The first-order valence-electron chi connectivity index (χ1n) is 7.76.